The molecule has 0 atom stereocenters. The van der Waals surface area contributed by atoms with Crippen molar-refractivity contribution in [3.05, 3.63) is 35.5 Å². The summed E-state index contributed by atoms with van der Waals surface area (Å²) in [5, 5.41) is 7.79. The molecule has 1 aliphatic heterocycles. The zero-order valence-electron chi connectivity index (χ0n) is 20.9. The van der Waals surface area contributed by atoms with Gasteiger partial charge in [-0.1, -0.05) is 17.7 Å². The van der Waals surface area contributed by atoms with Crippen molar-refractivity contribution in [3.8, 4) is 0 Å². The predicted molar refractivity (Wildman–Crippen MR) is 142 cm³/mol. The summed E-state index contributed by atoms with van der Waals surface area (Å²) in [5.74, 6) is 2.18. The Hall–Kier alpha value is -2.42. The lowest BCUT2D eigenvalue weighted by Gasteiger charge is -2.34. The summed E-state index contributed by atoms with van der Waals surface area (Å²) < 4.78 is 7.85. The number of fused-ring (bicyclic) bond motifs is 1. The van der Waals surface area contributed by atoms with Gasteiger partial charge in [0.2, 0.25) is 11.9 Å². The lowest BCUT2D eigenvalue weighted by molar-refractivity contribution is 0.0656. The van der Waals surface area contributed by atoms with E-state index in [1.54, 1.807) is 0 Å². The van der Waals surface area contributed by atoms with Gasteiger partial charge in [-0.05, 0) is 83.7 Å². The summed E-state index contributed by atoms with van der Waals surface area (Å²) in [6.45, 7) is 4.88. The Bertz CT molecular complexity index is 1150. The maximum atomic E-state index is 6.25. The van der Waals surface area contributed by atoms with Crippen molar-refractivity contribution in [1.82, 2.24) is 24.4 Å². The van der Waals surface area contributed by atoms with Crippen molar-refractivity contribution in [1.29, 1.82) is 0 Å². The maximum Gasteiger partial charge on any atom is 0.225 e. The van der Waals surface area contributed by atoms with Gasteiger partial charge in [-0.3, -0.25) is 4.57 Å². The van der Waals surface area contributed by atoms with E-state index in [1.165, 1.54) is 12.8 Å². The molecule has 2 aromatic heterocycles. The number of anilines is 3. The summed E-state index contributed by atoms with van der Waals surface area (Å²) in [5.41, 5.74) is 2.52. The second-order valence-corrected chi connectivity index (χ2v) is 11.0. The molecule has 2 fully saturated rings. The van der Waals surface area contributed by atoms with Crippen molar-refractivity contribution in [3.63, 3.8) is 0 Å². The molecule has 0 spiro atoms. The molecule has 1 saturated carbocycles. The molecule has 2 N–H and O–H groups in total. The molecule has 2 aliphatic rings. The van der Waals surface area contributed by atoms with Crippen LogP contribution in [-0.4, -0.2) is 63.8 Å². The van der Waals surface area contributed by atoms with Crippen LogP contribution in [0, 0.1) is 5.92 Å². The molecular formula is C26H36ClN7O. The third-order valence-electron chi connectivity index (χ3n) is 7.33. The number of ether oxygens (including phenoxy) is 1. The number of hydrogen-bond donors (Lipinski definition) is 2. The van der Waals surface area contributed by atoms with Gasteiger partial charge in [0.05, 0.1) is 6.20 Å². The Morgan fingerprint density at radius 1 is 1.14 bits per heavy atom. The Balaban J connectivity index is 1.47. The fraction of sp³-hybridized carbons (Fsp3) is 0.577. The largest absolute Gasteiger partial charge is 0.381 e. The van der Waals surface area contributed by atoms with Crippen LogP contribution in [0.5, 0.6) is 0 Å². The number of hydrogen-bond acceptors (Lipinski definition) is 7. The molecule has 1 saturated heterocycles. The minimum Gasteiger partial charge on any atom is -0.381 e. The summed E-state index contributed by atoms with van der Waals surface area (Å²) in [6, 6.07) is 8.09. The average molecular weight is 498 g/mol. The Morgan fingerprint density at radius 3 is 2.63 bits per heavy atom. The van der Waals surface area contributed by atoms with Crippen LogP contribution in [0.3, 0.4) is 0 Å². The van der Waals surface area contributed by atoms with Gasteiger partial charge in [-0.2, -0.15) is 4.98 Å². The van der Waals surface area contributed by atoms with E-state index >= 15 is 0 Å². The van der Waals surface area contributed by atoms with Crippen molar-refractivity contribution < 1.29 is 4.74 Å². The van der Waals surface area contributed by atoms with E-state index in [4.69, 9.17) is 26.3 Å². The second-order valence-electron chi connectivity index (χ2n) is 10.6. The highest BCUT2D eigenvalue weighted by molar-refractivity contribution is 6.30. The molecule has 0 unspecified atom stereocenters. The number of benzene rings is 1. The first-order chi connectivity index (χ1) is 16.9. The van der Waals surface area contributed by atoms with Crippen molar-refractivity contribution in [2.24, 2.45) is 5.92 Å². The van der Waals surface area contributed by atoms with Crippen LogP contribution in [0.15, 0.2) is 30.5 Å². The Labute approximate surface area is 212 Å². The predicted octanol–water partition coefficient (Wildman–Crippen LogP) is 5.50. The number of halogens is 1. The maximum absolute atomic E-state index is 6.25. The van der Waals surface area contributed by atoms with Crippen molar-refractivity contribution in [2.75, 3.05) is 44.5 Å². The van der Waals surface area contributed by atoms with Crippen LogP contribution in [-0.2, 0) is 4.74 Å². The fourth-order valence-corrected chi connectivity index (χ4v) is 5.59. The average Bonchev–Trinajstić information content (AvgIpc) is 3.16. The van der Waals surface area contributed by atoms with Gasteiger partial charge in [0.1, 0.15) is 5.52 Å². The number of nitrogens with one attached hydrogen (secondary N) is 2. The van der Waals surface area contributed by atoms with Gasteiger partial charge >= 0.3 is 0 Å². The highest BCUT2D eigenvalue weighted by Crippen LogP contribution is 2.37. The van der Waals surface area contributed by atoms with E-state index in [2.05, 4.69) is 46.1 Å². The summed E-state index contributed by atoms with van der Waals surface area (Å²) in [4.78, 5) is 16.8. The lowest BCUT2D eigenvalue weighted by Crippen LogP contribution is -2.41. The van der Waals surface area contributed by atoms with Gasteiger partial charge in [0.15, 0.2) is 5.65 Å². The van der Waals surface area contributed by atoms with E-state index < -0.39 is 0 Å². The molecule has 0 amide bonds. The van der Waals surface area contributed by atoms with Crippen LogP contribution >= 0.6 is 11.6 Å². The van der Waals surface area contributed by atoms with E-state index in [0.717, 1.165) is 74.2 Å². The van der Waals surface area contributed by atoms with Crippen molar-refractivity contribution >= 4 is 40.3 Å². The normalized spacial score (nSPS) is 22.4. The molecule has 3 heterocycles. The summed E-state index contributed by atoms with van der Waals surface area (Å²) in [6.07, 6.45) is 8.33. The highest BCUT2D eigenvalue weighted by Gasteiger charge is 2.30. The zero-order chi connectivity index (χ0) is 24.4. The molecular weight excluding hydrogens is 462 g/mol. The van der Waals surface area contributed by atoms with Gasteiger partial charge in [0.25, 0.3) is 0 Å². The van der Waals surface area contributed by atoms with E-state index in [0.29, 0.717) is 17.0 Å². The van der Waals surface area contributed by atoms with E-state index in [-0.39, 0.29) is 5.54 Å². The molecule has 8 nitrogen and oxygen atoms in total. The minimum atomic E-state index is -0.0666. The Kier molecular flexibility index (Phi) is 7.14. The van der Waals surface area contributed by atoms with Gasteiger partial charge in [0, 0.05) is 42.0 Å². The highest BCUT2D eigenvalue weighted by atomic mass is 35.5. The molecule has 3 aromatic rings. The van der Waals surface area contributed by atoms with Gasteiger partial charge < -0.3 is 20.3 Å². The number of rotatable bonds is 7. The lowest BCUT2D eigenvalue weighted by atomic mass is 9.85. The first-order valence-electron chi connectivity index (χ1n) is 12.7. The first kappa shape index (κ1) is 24.3. The second kappa shape index (κ2) is 10.3. The van der Waals surface area contributed by atoms with Gasteiger partial charge in [-0.15, -0.1) is 0 Å². The van der Waals surface area contributed by atoms with E-state index in [9.17, 15) is 0 Å². The van der Waals surface area contributed by atoms with E-state index in [1.807, 2.05) is 30.5 Å². The zero-order valence-corrected chi connectivity index (χ0v) is 21.7. The third-order valence-corrected chi connectivity index (χ3v) is 7.56. The minimum absolute atomic E-state index is 0.0666. The molecule has 188 valence electrons. The van der Waals surface area contributed by atoms with Crippen LogP contribution in [0.2, 0.25) is 5.02 Å². The Morgan fingerprint density at radius 2 is 1.91 bits per heavy atom. The number of imidazole rings is 1. The molecule has 1 aliphatic carbocycles. The molecule has 0 bridgehead atoms. The fourth-order valence-electron chi connectivity index (χ4n) is 5.40. The molecule has 1 aromatic carbocycles. The molecule has 9 heteroatoms. The van der Waals surface area contributed by atoms with Crippen molar-refractivity contribution in [2.45, 2.75) is 57.0 Å². The molecule has 0 radical (unpaired) electrons. The number of aromatic nitrogens is 4. The van der Waals surface area contributed by atoms with Crippen LogP contribution in [0.25, 0.3) is 11.2 Å². The first-order valence-corrected chi connectivity index (χ1v) is 13.0. The SMILES string of the molecule is CN(C)CC1CCC(n2c(Nc3cccc(Cl)c3)nc3cnc(NC4(C)CCOCC4)nc32)CC1. The topological polar surface area (TPSA) is 80.1 Å². The standard InChI is InChI=1S/C26H36ClN7O/c1-26(11-13-35-14-12-26)32-24-28-16-22-23(31-24)34(21-9-7-18(8-10-21)17-33(2)3)25(30-22)29-20-6-4-5-19(27)15-20/h4-6,15-16,18,21H,7-14,17H2,1-3H3,(H,29,30)(H,28,31,32). The van der Waals surface area contributed by atoms with Crippen LogP contribution in [0.1, 0.15) is 51.5 Å². The van der Waals surface area contributed by atoms with Gasteiger partial charge in [-0.25, -0.2) is 9.97 Å². The smallest absolute Gasteiger partial charge is 0.225 e. The summed E-state index contributed by atoms with van der Waals surface area (Å²) in [7, 11) is 4.32. The summed E-state index contributed by atoms with van der Waals surface area (Å²) >= 11 is 6.25. The molecule has 35 heavy (non-hydrogen) atoms. The van der Waals surface area contributed by atoms with Crippen LogP contribution < -0.4 is 10.6 Å². The molecule has 5 rings (SSSR count). The monoisotopic (exact) mass is 497 g/mol. The number of nitrogens with zero attached hydrogens (tertiary/aromatic N) is 5. The third kappa shape index (κ3) is 5.71. The van der Waals surface area contributed by atoms with Crippen LogP contribution in [0.4, 0.5) is 17.6 Å². The quantitative estimate of drug-likeness (QED) is 0.446.